The van der Waals surface area contributed by atoms with Crippen LogP contribution in [-0.4, -0.2) is 23.2 Å². The van der Waals surface area contributed by atoms with Gasteiger partial charge in [0, 0.05) is 12.7 Å². The van der Waals surface area contributed by atoms with Crippen molar-refractivity contribution in [2.45, 2.75) is 6.92 Å². The summed E-state index contributed by atoms with van der Waals surface area (Å²) in [5.74, 6) is -0.799. The lowest BCUT2D eigenvalue weighted by molar-refractivity contribution is 0.102. The molecule has 1 aromatic carbocycles. The summed E-state index contributed by atoms with van der Waals surface area (Å²) in [5.41, 5.74) is 1.21. The molecule has 2 rings (SSSR count). The number of carbonyl (C=O) groups excluding carboxylic acids is 1. The third-order valence-corrected chi connectivity index (χ3v) is 3.22. The summed E-state index contributed by atoms with van der Waals surface area (Å²) in [4.78, 5) is 11.9. The predicted octanol–water partition coefficient (Wildman–Crippen LogP) is 2.28. The quantitative estimate of drug-likeness (QED) is 0.894. The summed E-state index contributed by atoms with van der Waals surface area (Å²) < 4.78 is 13.1. The number of anilines is 2. The number of carbonyl (C=O) groups is 1. The van der Waals surface area contributed by atoms with E-state index in [0.717, 1.165) is 16.9 Å². The van der Waals surface area contributed by atoms with E-state index in [2.05, 4.69) is 20.8 Å². The number of nitrogens with zero attached hydrogens (tertiary/aromatic N) is 2. The Kier molecular flexibility index (Phi) is 3.52. The first-order valence-corrected chi connectivity index (χ1v) is 6.00. The van der Waals surface area contributed by atoms with E-state index < -0.39 is 11.7 Å². The van der Waals surface area contributed by atoms with Crippen molar-refractivity contribution in [2.75, 3.05) is 17.7 Å². The molecule has 1 aromatic heterocycles. The Morgan fingerprint density at radius 1 is 1.39 bits per heavy atom. The minimum Gasteiger partial charge on any atom is -0.363 e. The lowest BCUT2D eigenvalue weighted by Crippen LogP contribution is -2.12. The molecule has 2 aromatic rings. The van der Waals surface area contributed by atoms with Gasteiger partial charge in [-0.3, -0.25) is 4.79 Å². The Morgan fingerprint density at radius 3 is 2.83 bits per heavy atom. The highest BCUT2D eigenvalue weighted by Gasteiger charge is 2.13. The summed E-state index contributed by atoms with van der Waals surface area (Å²) in [6, 6.07) is 4.21. The fourth-order valence-corrected chi connectivity index (χ4v) is 1.91. The number of halogens is 1. The van der Waals surface area contributed by atoms with Crippen LogP contribution in [-0.2, 0) is 0 Å². The SMILES string of the molecule is CNc1nnc(C(=O)Nc2cc(F)ccc2C)s1. The van der Waals surface area contributed by atoms with E-state index in [4.69, 9.17) is 0 Å². The van der Waals surface area contributed by atoms with Gasteiger partial charge in [-0.25, -0.2) is 4.39 Å². The number of hydrogen-bond donors (Lipinski definition) is 2. The third-order valence-electron chi connectivity index (χ3n) is 2.28. The van der Waals surface area contributed by atoms with Gasteiger partial charge in [-0.15, -0.1) is 10.2 Å². The Bertz CT molecular complexity index is 584. The first-order chi connectivity index (χ1) is 8.60. The zero-order chi connectivity index (χ0) is 13.1. The molecule has 0 fully saturated rings. The topological polar surface area (TPSA) is 66.9 Å². The fraction of sp³-hybridized carbons (Fsp3) is 0.182. The van der Waals surface area contributed by atoms with Crippen LogP contribution in [0.3, 0.4) is 0 Å². The van der Waals surface area contributed by atoms with E-state index in [9.17, 15) is 9.18 Å². The minimum absolute atomic E-state index is 0.225. The molecule has 7 heteroatoms. The lowest BCUT2D eigenvalue weighted by Gasteiger charge is -2.06. The van der Waals surface area contributed by atoms with Crippen molar-refractivity contribution in [1.82, 2.24) is 10.2 Å². The Hall–Kier alpha value is -2.02. The summed E-state index contributed by atoms with van der Waals surface area (Å²) >= 11 is 1.13. The number of aryl methyl sites for hydroxylation is 1. The molecule has 0 aliphatic rings. The second-order valence-electron chi connectivity index (χ2n) is 3.58. The van der Waals surface area contributed by atoms with Crippen LogP contribution in [0.25, 0.3) is 0 Å². The number of hydrogen-bond acceptors (Lipinski definition) is 5. The van der Waals surface area contributed by atoms with E-state index in [1.807, 2.05) is 0 Å². The van der Waals surface area contributed by atoms with E-state index >= 15 is 0 Å². The van der Waals surface area contributed by atoms with Crippen LogP contribution in [0.5, 0.6) is 0 Å². The van der Waals surface area contributed by atoms with Crippen LogP contribution in [0.2, 0.25) is 0 Å². The molecule has 1 heterocycles. The molecular weight excluding hydrogens is 255 g/mol. The van der Waals surface area contributed by atoms with Gasteiger partial charge in [-0.05, 0) is 24.6 Å². The highest BCUT2D eigenvalue weighted by atomic mass is 32.1. The lowest BCUT2D eigenvalue weighted by atomic mass is 10.2. The summed E-state index contributed by atoms with van der Waals surface area (Å²) in [6.07, 6.45) is 0. The van der Waals surface area contributed by atoms with Gasteiger partial charge in [-0.1, -0.05) is 17.4 Å². The summed E-state index contributed by atoms with van der Waals surface area (Å²) in [5, 5.41) is 13.7. The fourth-order valence-electron chi connectivity index (χ4n) is 1.32. The molecule has 1 amide bonds. The van der Waals surface area contributed by atoms with Crippen LogP contribution in [0.15, 0.2) is 18.2 Å². The summed E-state index contributed by atoms with van der Waals surface area (Å²) in [6.45, 7) is 1.79. The van der Waals surface area contributed by atoms with Crippen LogP contribution in [0.4, 0.5) is 15.2 Å². The van der Waals surface area contributed by atoms with E-state index in [-0.39, 0.29) is 5.01 Å². The van der Waals surface area contributed by atoms with Crippen molar-refractivity contribution in [1.29, 1.82) is 0 Å². The number of aromatic nitrogens is 2. The highest BCUT2D eigenvalue weighted by Crippen LogP contribution is 2.19. The number of nitrogens with one attached hydrogen (secondary N) is 2. The zero-order valence-electron chi connectivity index (χ0n) is 9.82. The van der Waals surface area contributed by atoms with Crippen molar-refractivity contribution in [2.24, 2.45) is 0 Å². The molecule has 0 spiro atoms. The first kappa shape index (κ1) is 12.4. The smallest absolute Gasteiger partial charge is 0.286 e. The van der Waals surface area contributed by atoms with Crippen molar-refractivity contribution in [3.8, 4) is 0 Å². The molecule has 5 nitrogen and oxygen atoms in total. The maximum Gasteiger partial charge on any atom is 0.286 e. The van der Waals surface area contributed by atoms with Crippen LogP contribution in [0, 0.1) is 12.7 Å². The Labute approximate surface area is 107 Å². The van der Waals surface area contributed by atoms with E-state index in [1.54, 1.807) is 20.0 Å². The minimum atomic E-state index is -0.400. The molecule has 18 heavy (non-hydrogen) atoms. The normalized spacial score (nSPS) is 10.2. The molecule has 0 aliphatic heterocycles. The molecule has 0 saturated carbocycles. The number of rotatable bonds is 3. The average molecular weight is 266 g/mol. The van der Waals surface area contributed by atoms with Gasteiger partial charge >= 0.3 is 0 Å². The Morgan fingerprint density at radius 2 is 2.17 bits per heavy atom. The molecule has 0 unspecified atom stereocenters. The molecule has 0 aliphatic carbocycles. The third kappa shape index (κ3) is 2.62. The van der Waals surface area contributed by atoms with Crippen molar-refractivity contribution in [3.05, 3.63) is 34.6 Å². The van der Waals surface area contributed by atoms with Gasteiger partial charge in [0.15, 0.2) is 0 Å². The van der Waals surface area contributed by atoms with Gasteiger partial charge < -0.3 is 10.6 Å². The maximum atomic E-state index is 13.1. The van der Waals surface area contributed by atoms with Gasteiger partial charge in [-0.2, -0.15) is 0 Å². The molecule has 0 saturated heterocycles. The van der Waals surface area contributed by atoms with Crippen molar-refractivity contribution >= 4 is 28.1 Å². The largest absolute Gasteiger partial charge is 0.363 e. The summed E-state index contributed by atoms with van der Waals surface area (Å²) in [7, 11) is 1.69. The molecular formula is C11H11FN4OS. The van der Waals surface area contributed by atoms with Crippen LogP contribution in [0.1, 0.15) is 15.4 Å². The van der Waals surface area contributed by atoms with Gasteiger partial charge in [0.2, 0.25) is 10.1 Å². The van der Waals surface area contributed by atoms with E-state index in [0.29, 0.717) is 10.8 Å². The molecule has 2 N–H and O–H groups in total. The molecule has 0 atom stereocenters. The van der Waals surface area contributed by atoms with Crippen LogP contribution >= 0.6 is 11.3 Å². The molecule has 94 valence electrons. The Balaban J connectivity index is 2.18. The maximum absolute atomic E-state index is 13.1. The zero-order valence-corrected chi connectivity index (χ0v) is 10.6. The molecule has 0 bridgehead atoms. The first-order valence-electron chi connectivity index (χ1n) is 5.19. The monoisotopic (exact) mass is 266 g/mol. The second kappa shape index (κ2) is 5.09. The average Bonchev–Trinajstić information content (AvgIpc) is 2.82. The van der Waals surface area contributed by atoms with Gasteiger partial charge in [0.1, 0.15) is 5.82 Å². The van der Waals surface area contributed by atoms with Crippen LogP contribution < -0.4 is 10.6 Å². The van der Waals surface area contributed by atoms with Crippen molar-refractivity contribution in [3.63, 3.8) is 0 Å². The highest BCUT2D eigenvalue weighted by molar-refractivity contribution is 7.17. The van der Waals surface area contributed by atoms with Gasteiger partial charge in [0.05, 0.1) is 0 Å². The second-order valence-corrected chi connectivity index (χ2v) is 4.55. The number of benzene rings is 1. The standard InChI is InChI=1S/C11H11FN4OS/c1-6-3-4-7(12)5-8(6)14-9(17)10-15-16-11(13-2)18-10/h3-5H,1-2H3,(H,13,16)(H,14,17). The molecule has 0 radical (unpaired) electrons. The number of amides is 1. The van der Waals surface area contributed by atoms with E-state index in [1.165, 1.54) is 12.1 Å². The van der Waals surface area contributed by atoms with Gasteiger partial charge in [0.25, 0.3) is 5.91 Å². The van der Waals surface area contributed by atoms with Crippen molar-refractivity contribution < 1.29 is 9.18 Å². The predicted molar refractivity (Wildman–Crippen MR) is 68.5 cm³/mol.